The summed E-state index contributed by atoms with van der Waals surface area (Å²) in [6, 6.07) is 3.48. The molecule has 0 aliphatic carbocycles. The molecule has 1 amide bonds. The van der Waals surface area contributed by atoms with Crippen LogP contribution in [0.3, 0.4) is 0 Å². The van der Waals surface area contributed by atoms with Crippen molar-refractivity contribution in [2.24, 2.45) is 7.05 Å². The van der Waals surface area contributed by atoms with E-state index in [1.54, 1.807) is 10.7 Å². The first-order valence-electron chi connectivity index (χ1n) is 5.88. The van der Waals surface area contributed by atoms with E-state index in [0.717, 1.165) is 5.69 Å². The first-order valence-corrected chi connectivity index (χ1v) is 5.88. The Morgan fingerprint density at radius 1 is 1.53 bits per heavy atom. The molecule has 19 heavy (non-hydrogen) atoms. The number of nitrogens with one attached hydrogen (secondary N) is 1. The topological polar surface area (TPSA) is 82.2 Å². The molecular formula is C12H16N4O3. The molecule has 1 N–H and O–H groups in total. The van der Waals surface area contributed by atoms with E-state index in [2.05, 4.69) is 15.6 Å². The molecule has 0 aliphatic rings. The molecule has 0 saturated carbocycles. The number of anilines is 1. The molecule has 2 rings (SSSR count). The molecule has 0 saturated heterocycles. The van der Waals surface area contributed by atoms with E-state index in [1.807, 2.05) is 20.0 Å². The summed E-state index contributed by atoms with van der Waals surface area (Å²) in [7, 11) is 3.34. The van der Waals surface area contributed by atoms with Gasteiger partial charge in [-0.3, -0.25) is 9.48 Å². The van der Waals surface area contributed by atoms with Gasteiger partial charge in [0.05, 0.1) is 7.11 Å². The zero-order valence-electron chi connectivity index (χ0n) is 11.1. The van der Waals surface area contributed by atoms with Gasteiger partial charge in [0.25, 0.3) is 5.88 Å². The maximum absolute atomic E-state index is 11.7. The van der Waals surface area contributed by atoms with Gasteiger partial charge >= 0.3 is 0 Å². The Kier molecular flexibility index (Phi) is 3.84. The van der Waals surface area contributed by atoms with Gasteiger partial charge in [-0.1, -0.05) is 0 Å². The lowest BCUT2D eigenvalue weighted by molar-refractivity contribution is -0.116. The van der Waals surface area contributed by atoms with Crippen LogP contribution in [0.4, 0.5) is 5.82 Å². The Bertz CT molecular complexity index is 554. The summed E-state index contributed by atoms with van der Waals surface area (Å²) in [5, 5.41) is 10.5. The molecule has 0 aromatic carbocycles. The van der Waals surface area contributed by atoms with Crippen LogP contribution >= 0.6 is 0 Å². The SMILES string of the molecule is COc1cc(CCC(=O)Nc2cc(C)n(C)n2)on1. The summed E-state index contributed by atoms with van der Waals surface area (Å²) in [4.78, 5) is 11.7. The monoisotopic (exact) mass is 264 g/mol. The smallest absolute Gasteiger partial charge is 0.254 e. The molecule has 2 aromatic heterocycles. The van der Waals surface area contributed by atoms with Crippen LogP contribution in [0.15, 0.2) is 16.7 Å². The number of nitrogens with zero attached hydrogens (tertiary/aromatic N) is 3. The van der Waals surface area contributed by atoms with Gasteiger partial charge in [-0.15, -0.1) is 0 Å². The zero-order chi connectivity index (χ0) is 13.8. The van der Waals surface area contributed by atoms with E-state index in [9.17, 15) is 4.79 Å². The van der Waals surface area contributed by atoms with Crippen LogP contribution in [0, 0.1) is 6.92 Å². The van der Waals surface area contributed by atoms with E-state index in [1.165, 1.54) is 7.11 Å². The van der Waals surface area contributed by atoms with Crippen LogP contribution in [0.2, 0.25) is 0 Å². The highest BCUT2D eigenvalue weighted by Crippen LogP contribution is 2.13. The second-order valence-corrected chi connectivity index (χ2v) is 4.18. The third kappa shape index (κ3) is 3.34. The first kappa shape index (κ1) is 13.1. The normalized spacial score (nSPS) is 10.5. The number of hydrogen-bond donors (Lipinski definition) is 1. The summed E-state index contributed by atoms with van der Waals surface area (Å²) in [5.41, 5.74) is 0.982. The fourth-order valence-corrected chi connectivity index (χ4v) is 1.57. The third-order valence-electron chi connectivity index (χ3n) is 2.73. The Morgan fingerprint density at radius 3 is 2.89 bits per heavy atom. The summed E-state index contributed by atoms with van der Waals surface area (Å²) in [5.74, 6) is 1.47. The van der Waals surface area contributed by atoms with E-state index >= 15 is 0 Å². The Morgan fingerprint density at radius 2 is 2.32 bits per heavy atom. The van der Waals surface area contributed by atoms with Crippen LogP contribution < -0.4 is 10.1 Å². The molecule has 2 heterocycles. The predicted molar refractivity (Wildman–Crippen MR) is 68.0 cm³/mol. The van der Waals surface area contributed by atoms with Gasteiger partial charge < -0.3 is 14.6 Å². The van der Waals surface area contributed by atoms with Crippen molar-refractivity contribution in [3.63, 3.8) is 0 Å². The van der Waals surface area contributed by atoms with Crippen LogP contribution in [0.25, 0.3) is 0 Å². The maximum Gasteiger partial charge on any atom is 0.254 e. The number of carbonyl (C=O) groups is 1. The number of aromatic nitrogens is 3. The number of hydrogen-bond acceptors (Lipinski definition) is 5. The number of amides is 1. The summed E-state index contributed by atoms with van der Waals surface area (Å²) < 4.78 is 11.6. The van der Waals surface area contributed by atoms with E-state index in [4.69, 9.17) is 9.26 Å². The van der Waals surface area contributed by atoms with Gasteiger partial charge in [0.1, 0.15) is 5.76 Å². The lowest BCUT2D eigenvalue weighted by Gasteiger charge is -1.99. The lowest BCUT2D eigenvalue weighted by atomic mass is 10.2. The van der Waals surface area contributed by atoms with Gasteiger partial charge in [0.15, 0.2) is 5.82 Å². The average molecular weight is 264 g/mol. The van der Waals surface area contributed by atoms with Crippen molar-refractivity contribution in [2.75, 3.05) is 12.4 Å². The summed E-state index contributed by atoms with van der Waals surface area (Å²) in [6.45, 7) is 1.92. The second kappa shape index (κ2) is 5.55. The highest BCUT2D eigenvalue weighted by molar-refractivity contribution is 5.89. The molecule has 2 aromatic rings. The van der Waals surface area contributed by atoms with Gasteiger partial charge in [-0.25, -0.2) is 0 Å². The van der Waals surface area contributed by atoms with E-state index < -0.39 is 0 Å². The molecule has 0 aliphatic heterocycles. The van der Waals surface area contributed by atoms with Crippen molar-refractivity contribution < 1.29 is 14.1 Å². The average Bonchev–Trinajstić information content (AvgIpc) is 2.94. The minimum atomic E-state index is -0.117. The fourth-order valence-electron chi connectivity index (χ4n) is 1.57. The molecule has 0 radical (unpaired) electrons. The third-order valence-corrected chi connectivity index (χ3v) is 2.73. The lowest BCUT2D eigenvalue weighted by Crippen LogP contribution is -2.12. The molecule has 7 heteroatoms. The van der Waals surface area contributed by atoms with Gasteiger partial charge in [0.2, 0.25) is 5.91 Å². The largest absolute Gasteiger partial charge is 0.479 e. The second-order valence-electron chi connectivity index (χ2n) is 4.18. The highest BCUT2D eigenvalue weighted by Gasteiger charge is 2.09. The van der Waals surface area contributed by atoms with Crippen molar-refractivity contribution in [2.45, 2.75) is 19.8 Å². The highest BCUT2D eigenvalue weighted by atomic mass is 16.5. The van der Waals surface area contributed by atoms with Crippen LogP contribution in [-0.2, 0) is 18.3 Å². The minimum Gasteiger partial charge on any atom is -0.479 e. The zero-order valence-corrected chi connectivity index (χ0v) is 11.1. The Labute approximate surface area is 110 Å². The van der Waals surface area contributed by atoms with Crippen molar-refractivity contribution in [3.8, 4) is 5.88 Å². The fraction of sp³-hybridized carbons (Fsp3) is 0.417. The standard InChI is InChI=1S/C12H16N4O3/c1-8-6-10(14-16(8)2)13-11(17)5-4-9-7-12(18-3)15-19-9/h6-7H,4-5H2,1-3H3,(H,13,14,17). The predicted octanol–water partition coefficient (Wildman–Crippen LogP) is 1.30. The van der Waals surface area contributed by atoms with Crippen molar-refractivity contribution >= 4 is 11.7 Å². The molecule has 0 unspecified atom stereocenters. The number of aryl methyl sites for hydroxylation is 3. The Balaban J connectivity index is 1.84. The van der Waals surface area contributed by atoms with Crippen LogP contribution in [0.1, 0.15) is 17.9 Å². The maximum atomic E-state index is 11.7. The molecule has 0 atom stereocenters. The van der Waals surface area contributed by atoms with Crippen LogP contribution in [-0.4, -0.2) is 28.0 Å². The minimum absolute atomic E-state index is 0.117. The van der Waals surface area contributed by atoms with Gasteiger partial charge in [-0.05, 0) is 12.1 Å². The molecule has 0 fully saturated rings. The number of carbonyl (C=O) groups excluding carboxylic acids is 1. The van der Waals surface area contributed by atoms with E-state index in [0.29, 0.717) is 30.3 Å². The number of methoxy groups -OCH3 is 1. The molecule has 102 valence electrons. The van der Waals surface area contributed by atoms with Gasteiger partial charge in [0, 0.05) is 37.7 Å². The molecule has 0 bridgehead atoms. The van der Waals surface area contributed by atoms with E-state index in [-0.39, 0.29) is 5.91 Å². The summed E-state index contributed by atoms with van der Waals surface area (Å²) in [6.07, 6.45) is 0.766. The summed E-state index contributed by atoms with van der Waals surface area (Å²) >= 11 is 0. The van der Waals surface area contributed by atoms with Crippen molar-refractivity contribution in [1.29, 1.82) is 0 Å². The molecule has 0 spiro atoms. The van der Waals surface area contributed by atoms with Crippen molar-refractivity contribution in [3.05, 3.63) is 23.6 Å². The van der Waals surface area contributed by atoms with Gasteiger partial charge in [-0.2, -0.15) is 5.10 Å². The molecular weight excluding hydrogens is 248 g/mol. The number of ether oxygens (including phenoxy) is 1. The van der Waals surface area contributed by atoms with Crippen LogP contribution in [0.5, 0.6) is 5.88 Å². The Hall–Kier alpha value is -2.31. The van der Waals surface area contributed by atoms with Crippen molar-refractivity contribution in [1.82, 2.24) is 14.9 Å². The molecule has 7 nitrogen and oxygen atoms in total. The number of rotatable bonds is 5. The first-order chi connectivity index (χ1) is 9.08. The quantitative estimate of drug-likeness (QED) is 0.880.